The number of aromatic nitrogens is 3. The molecule has 5 heteroatoms. The molecule has 0 unspecified atom stereocenters. The van der Waals surface area contributed by atoms with Crippen molar-refractivity contribution in [3.8, 4) is 11.3 Å². The fraction of sp³-hybridized carbons (Fsp3) is 0.100. The summed E-state index contributed by atoms with van der Waals surface area (Å²) in [5.41, 5.74) is 5.73. The molecule has 0 aliphatic heterocycles. The molecular formula is C20H18N4O. The maximum atomic E-state index is 12.3. The molecule has 2 heterocycles. The fourth-order valence-corrected chi connectivity index (χ4v) is 3.02. The second kappa shape index (κ2) is 5.94. The van der Waals surface area contributed by atoms with Crippen molar-refractivity contribution in [2.24, 2.45) is 7.05 Å². The summed E-state index contributed by atoms with van der Waals surface area (Å²) in [4.78, 5) is 15.8. The van der Waals surface area contributed by atoms with Crippen molar-refractivity contribution in [1.82, 2.24) is 14.8 Å². The van der Waals surface area contributed by atoms with Gasteiger partial charge in [0.05, 0.1) is 0 Å². The normalized spacial score (nSPS) is 11.0. The number of H-pyrrole nitrogens is 1. The Morgan fingerprint density at radius 2 is 1.96 bits per heavy atom. The summed E-state index contributed by atoms with van der Waals surface area (Å²) in [6, 6.07) is 18.0. The van der Waals surface area contributed by atoms with E-state index in [2.05, 4.69) is 40.5 Å². The van der Waals surface area contributed by atoms with Crippen molar-refractivity contribution in [2.45, 2.75) is 6.92 Å². The number of fused-ring (bicyclic) bond motifs is 1. The maximum absolute atomic E-state index is 12.3. The third-order valence-electron chi connectivity index (χ3n) is 4.37. The SMILES string of the molecule is Cc1ccccc1-c1cc2ccc(NC(=O)c3ccnn3C)cc2[nH]1. The minimum absolute atomic E-state index is 0.176. The number of hydrogen-bond acceptors (Lipinski definition) is 2. The molecule has 1 amide bonds. The minimum Gasteiger partial charge on any atom is -0.354 e. The minimum atomic E-state index is -0.176. The number of aromatic amines is 1. The summed E-state index contributed by atoms with van der Waals surface area (Å²) in [6.07, 6.45) is 1.61. The van der Waals surface area contributed by atoms with Gasteiger partial charge in [-0.1, -0.05) is 30.3 Å². The lowest BCUT2D eigenvalue weighted by Gasteiger charge is -2.05. The van der Waals surface area contributed by atoms with E-state index in [0.29, 0.717) is 5.69 Å². The number of hydrogen-bond donors (Lipinski definition) is 2. The van der Waals surface area contributed by atoms with Crippen LogP contribution in [0.15, 0.2) is 60.8 Å². The van der Waals surface area contributed by atoms with Gasteiger partial charge >= 0.3 is 0 Å². The summed E-state index contributed by atoms with van der Waals surface area (Å²) < 4.78 is 1.55. The molecule has 0 bridgehead atoms. The quantitative estimate of drug-likeness (QED) is 0.593. The third kappa shape index (κ3) is 2.80. The van der Waals surface area contributed by atoms with Crippen molar-refractivity contribution in [2.75, 3.05) is 5.32 Å². The largest absolute Gasteiger partial charge is 0.354 e. The first-order valence-electron chi connectivity index (χ1n) is 8.10. The third-order valence-corrected chi connectivity index (χ3v) is 4.37. The summed E-state index contributed by atoms with van der Waals surface area (Å²) in [7, 11) is 1.75. The van der Waals surface area contributed by atoms with Crippen LogP contribution < -0.4 is 5.32 Å². The first-order chi connectivity index (χ1) is 12.1. The highest BCUT2D eigenvalue weighted by atomic mass is 16.2. The highest BCUT2D eigenvalue weighted by Gasteiger charge is 2.11. The Morgan fingerprint density at radius 3 is 2.72 bits per heavy atom. The maximum Gasteiger partial charge on any atom is 0.273 e. The smallest absolute Gasteiger partial charge is 0.273 e. The van der Waals surface area contributed by atoms with Crippen molar-refractivity contribution in [1.29, 1.82) is 0 Å². The Labute approximate surface area is 145 Å². The molecule has 2 N–H and O–H groups in total. The number of carbonyl (C=O) groups is 1. The summed E-state index contributed by atoms with van der Waals surface area (Å²) >= 11 is 0. The van der Waals surface area contributed by atoms with Crippen LogP contribution in [0.3, 0.4) is 0 Å². The second-order valence-electron chi connectivity index (χ2n) is 6.09. The Kier molecular flexibility index (Phi) is 3.61. The Bertz CT molecular complexity index is 1070. The number of carbonyl (C=O) groups excluding carboxylic acids is 1. The van der Waals surface area contributed by atoms with Gasteiger partial charge in [0.15, 0.2) is 0 Å². The molecule has 2 aromatic carbocycles. The van der Waals surface area contributed by atoms with Crippen LogP contribution in [0.1, 0.15) is 16.1 Å². The van der Waals surface area contributed by atoms with Gasteiger partial charge in [-0.05, 0) is 36.8 Å². The molecule has 0 saturated carbocycles. The molecule has 2 aromatic heterocycles. The lowest BCUT2D eigenvalue weighted by molar-refractivity contribution is 0.101. The molecule has 0 aliphatic rings. The molecule has 0 saturated heterocycles. The highest BCUT2D eigenvalue weighted by Crippen LogP contribution is 2.28. The molecule has 5 nitrogen and oxygen atoms in total. The lowest BCUT2D eigenvalue weighted by Crippen LogP contribution is -2.15. The molecule has 25 heavy (non-hydrogen) atoms. The summed E-state index contributed by atoms with van der Waals surface area (Å²) in [6.45, 7) is 2.10. The fourth-order valence-electron chi connectivity index (χ4n) is 3.02. The first kappa shape index (κ1) is 15.2. The van der Waals surface area contributed by atoms with Crippen LogP contribution in [0.25, 0.3) is 22.2 Å². The van der Waals surface area contributed by atoms with E-state index >= 15 is 0 Å². The monoisotopic (exact) mass is 330 g/mol. The molecule has 4 rings (SSSR count). The Hall–Kier alpha value is -3.34. The molecule has 0 atom stereocenters. The van der Waals surface area contributed by atoms with E-state index in [0.717, 1.165) is 22.3 Å². The van der Waals surface area contributed by atoms with Crippen LogP contribution in [0.2, 0.25) is 0 Å². The van der Waals surface area contributed by atoms with Gasteiger partial charge in [0.2, 0.25) is 0 Å². The van der Waals surface area contributed by atoms with Crippen LogP contribution in [-0.2, 0) is 7.05 Å². The van der Waals surface area contributed by atoms with Crippen molar-refractivity contribution >= 4 is 22.5 Å². The number of nitrogens with zero attached hydrogens (tertiary/aromatic N) is 2. The molecule has 124 valence electrons. The number of rotatable bonds is 3. The number of amides is 1. The number of anilines is 1. The van der Waals surface area contributed by atoms with Crippen molar-refractivity contribution < 1.29 is 4.79 Å². The zero-order chi connectivity index (χ0) is 17.4. The van der Waals surface area contributed by atoms with E-state index in [4.69, 9.17) is 0 Å². The van der Waals surface area contributed by atoms with E-state index in [9.17, 15) is 4.79 Å². The average Bonchev–Trinajstić information content (AvgIpc) is 3.20. The van der Waals surface area contributed by atoms with E-state index in [1.54, 1.807) is 24.0 Å². The van der Waals surface area contributed by atoms with Gasteiger partial charge in [0, 0.05) is 41.1 Å². The van der Waals surface area contributed by atoms with E-state index in [-0.39, 0.29) is 5.91 Å². The van der Waals surface area contributed by atoms with Crippen LogP contribution in [0.4, 0.5) is 5.69 Å². The Morgan fingerprint density at radius 1 is 1.12 bits per heavy atom. The molecular weight excluding hydrogens is 312 g/mol. The van der Waals surface area contributed by atoms with Crippen LogP contribution >= 0.6 is 0 Å². The van der Waals surface area contributed by atoms with Gasteiger partial charge in [-0.25, -0.2) is 0 Å². The van der Waals surface area contributed by atoms with Crippen LogP contribution in [-0.4, -0.2) is 20.7 Å². The van der Waals surface area contributed by atoms with Crippen molar-refractivity contribution in [3.05, 3.63) is 72.1 Å². The summed E-state index contributed by atoms with van der Waals surface area (Å²) in [5.74, 6) is -0.176. The van der Waals surface area contributed by atoms with Gasteiger partial charge in [0.25, 0.3) is 5.91 Å². The molecule has 0 radical (unpaired) electrons. The number of benzene rings is 2. The van der Waals surface area contributed by atoms with E-state index < -0.39 is 0 Å². The predicted molar refractivity (Wildman–Crippen MR) is 99.6 cm³/mol. The first-order valence-corrected chi connectivity index (χ1v) is 8.10. The highest BCUT2D eigenvalue weighted by molar-refractivity contribution is 6.04. The topological polar surface area (TPSA) is 62.7 Å². The van der Waals surface area contributed by atoms with Gasteiger partial charge in [-0.2, -0.15) is 5.10 Å². The van der Waals surface area contributed by atoms with Crippen LogP contribution in [0, 0.1) is 6.92 Å². The van der Waals surface area contributed by atoms with Gasteiger partial charge in [0.1, 0.15) is 5.69 Å². The zero-order valence-corrected chi connectivity index (χ0v) is 14.1. The number of nitrogens with one attached hydrogen (secondary N) is 2. The predicted octanol–water partition coefficient (Wildman–Crippen LogP) is 4.13. The van der Waals surface area contributed by atoms with E-state index in [1.165, 1.54) is 11.1 Å². The Balaban J connectivity index is 1.66. The second-order valence-corrected chi connectivity index (χ2v) is 6.09. The van der Waals surface area contributed by atoms with E-state index in [1.807, 2.05) is 30.3 Å². The van der Waals surface area contributed by atoms with Gasteiger partial charge in [-0.15, -0.1) is 0 Å². The van der Waals surface area contributed by atoms with Crippen molar-refractivity contribution in [3.63, 3.8) is 0 Å². The van der Waals surface area contributed by atoms with Gasteiger partial charge in [-0.3, -0.25) is 9.48 Å². The zero-order valence-electron chi connectivity index (χ0n) is 14.1. The molecule has 0 aliphatic carbocycles. The molecule has 0 spiro atoms. The lowest BCUT2D eigenvalue weighted by atomic mass is 10.1. The number of aryl methyl sites for hydroxylation is 2. The molecule has 0 fully saturated rings. The average molecular weight is 330 g/mol. The standard InChI is InChI=1S/C20H18N4O/c1-13-5-3-4-6-16(13)18-11-14-7-8-15(12-17(14)23-18)22-20(25)19-9-10-21-24(19)2/h3-12,23H,1-2H3,(H,22,25). The summed E-state index contributed by atoms with van der Waals surface area (Å²) in [5, 5.41) is 8.05. The molecule has 4 aromatic rings. The van der Waals surface area contributed by atoms with Crippen LogP contribution in [0.5, 0.6) is 0 Å². The van der Waals surface area contributed by atoms with Gasteiger partial charge < -0.3 is 10.3 Å².